The van der Waals surface area contributed by atoms with Crippen molar-refractivity contribution >= 4 is 34.0 Å². The number of nitrogen functional groups attached to an aromatic ring is 1. The number of nitrogens with zero attached hydrogens (tertiary/aromatic N) is 1. The molecule has 0 atom stereocenters. The first kappa shape index (κ1) is 16.0. The number of benzene rings is 1. The molecule has 4 heteroatoms. The molecule has 2 rings (SSSR count). The number of aryl methyl sites for hydroxylation is 1. The van der Waals surface area contributed by atoms with Gasteiger partial charge in [0.05, 0.1) is 5.52 Å². The van der Waals surface area contributed by atoms with Gasteiger partial charge >= 0.3 is 0 Å². The summed E-state index contributed by atoms with van der Waals surface area (Å²) in [5.41, 5.74) is 9.87. The Morgan fingerprint density at radius 1 is 1.14 bits per heavy atom. The fraction of sp³-hybridized carbons (Fsp3) is 0.471. The quantitative estimate of drug-likeness (QED) is 0.558. The molecule has 114 valence electrons. The van der Waals surface area contributed by atoms with Crippen LogP contribution in [0.5, 0.6) is 0 Å². The van der Waals surface area contributed by atoms with Crippen molar-refractivity contribution in [2.24, 2.45) is 0 Å². The van der Waals surface area contributed by atoms with Crippen LogP contribution in [0.15, 0.2) is 24.3 Å². The van der Waals surface area contributed by atoms with Crippen LogP contribution >= 0.6 is 11.8 Å². The summed E-state index contributed by atoms with van der Waals surface area (Å²) in [5, 5.41) is 4.66. The maximum absolute atomic E-state index is 5.90. The van der Waals surface area contributed by atoms with Gasteiger partial charge in [-0.1, -0.05) is 12.8 Å². The summed E-state index contributed by atoms with van der Waals surface area (Å²) in [6.45, 7) is 3.04. The van der Waals surface area contributed by atoms with Crippen LogP contribution in [-0.4, -0.2) is 23.5 Å². The van der Waals surface area contributed by atoms with E-state index < -0.39 is 0 Å². The molecule has 1 aromatic heterocycles. The Kier molecular flexibility index (Phi) is 6.18. The van der Waals surface area contributed by atoms with Crippen LogP contribution in [0.2, 0.25) is 0 Å². The second kappa shape index (κ2) is 8.13. The van der Waals surface area contributed by atoms with E-state index in [1.54, 1.807) is 0 Å². The molecule has 21 heavy (non-hydrogen) atoms. The van der Waals surface area contributed by atoms with Gasteiger partial charge in [0.2, 0.25) is 0 Å². The number of thioether (sulfide) groups is 1. The van der Waals surface area contributed by atoms with Gasteiger partial charge in [-0.2, -0.15) is 11.8 Å². The number of fused-ring (bicyclic) bond motifs is 1. The second-order valence-corrected chi connectivity index (χ2v) is 6.41. The van der Waals surface area contributed by atoms with Crippen LogP contribution in [-0.2, 0) is 0 Å². The third kappa shape index (κ3) is 4.81. The molecule has 0 bridgehead atoms. The Labute approximate surface area is 131 Å². The molecule has 0 spiro atoms. The predicted octanol–water partition coefficient (Wildman–Crippen LogP) is 4.46. The lowest BCUT2D eigenvalue weighted by atomic mass is 10.1. The first-order chi connectivity index (χ1) is 10.2. The van der Waals surface area contributed by atoms with Crippen LogP contribution in [0.4, 0.5) is 11.4 Å². The summed E-state index contributed by atoms with van der Waals surface area (Å²) < 4.78 is 0. The molecule has 1 aromatic carbocycles. The second-order valence-electron chi connectivity index (χ2n) is 5.42. The normalized spacial score (nSPS) is 11.0. The molecule has 0 amide bonds. The number of hydrogen-bond donors (Lipinski definition) is 2. The van der Waals surface area contributed by atoms with Crippen molar-refractivity contribution in [3.8, 4) is 0 Å². The fourth-order valence-corrected chi connectivity index (χ4v) is 2.96. The molecular weight excluding hydrogens is 278 g/mol. The van der Waals surface area contributed by atoms with Crippen LogP contribution < -0.4 is 11.1 Å². The standard InChI is InChI=1S/C17H25N3S/c1-13-11-17(19-9-5-3-4-6-10-21-2)15-12-14(18)7-8-16(15)20-13/h7-8,11-12H,3-6,9-10,18H2,1-2H3,(H,19,20). The Morgan fingerprint density at radius 2 is 1.95 bits per heavy atom. The number of anilines is 2. The summed E-state index contributed by atoms with van der Waals surface area (Å²) in [5.74, 6) is 1.28. The predicted molar refractivity (Wildman–Crippen MR) is 96.2 cm³/mol. The zero-order valence-corrected chi connectivity index (χ0v) is 13.8. The number of unbranched alkanes of at least 4 members (excludes halogenated alkanes) is 3. The minimum Gasteiger partial charge on any atom is -0.399 e. The van der Waals surface area contributed by atoms with E-state index in [9.17, 15) is 0 Å². The van der Waals surface area contributed by atoms with Gasteiger partial charge < -0.3 is 11.1 Å². The van der Waals surface area contributed by atoms with Gasteiger partial charge in [-0.25, -0.2) is 0 Å². The molecule has 3 N–H and O–H groups in total. The maximum atomic E-state index is 5.90. The lowest BCUT2D eigenvalue weighted by Gasteiger charge is -2.11. The topological polar surface area (TPSA) is 50.9 Å². The fourth-order valence-electron chi connectivity index (χ4n) is 2.47. The van der Waals surface area contributed by atoms with Gasteiger partial charge in [-0.05, 0) is 56.0 Å². The Hall–Kier alpha value is -1.42. The van der Waals surface area contributed by atoms with Crippen molar-refractivity contribution in [3.63, 3.8) is 0 Å². The molecule has 0 fully saturated rings. The maximum Gasteiger partial charge on any atom is 0.0727 e. The van der Waals surface area contributed by atoms with E-state index in [1.807, 2.05) is 36.9 Å². The summed E-state index contributed by atoms with van der Waals surface area (Å²) >= 11 is 1.93. The minimum absolute atomic E-state index is 0.785. The number of nitrogens with one attached hydrogen (secondary N) is 1. The third-order valence-corrected chi connectivity index (χ3v) is 4.25. The highest BCUT2D eigenvalue weighted by Gasteiger charge is 2.04. The van der Waals surface area contributed by atoms with Crippen molar-refractivity contribution in [1.82, 2.24) is 4.98 Å². The SMILES string of the molecule is CSCCCCCCNc1cc(C)nc2ccc(N)cc12. The van der Waals surface area contributed by atoms with Gasteiger partial charge in [0, 0.05) is 29.0 Å². The smallest absolute Gasteiger partial charge is 0.0727 e. The lowest BCUT2D eigenvalue weighted by Crippen LogP contribution is -2.03. The van der Waals surface area contributed by atoms with Crippen molar-refractivity contribution in [3.05, 3.63) is 30.0 Å². The summed E-state index contributed by atoms with van der Waals surface area (Å²) in [6.07, 6.45) is 7.32. The lowest BCUT2D eigenvalue weighted by molar-refractivity contribution is 0.689. The van der Waals surface area contributed by atoms with Crippen LogP contribution in [0.1, 0.15) is 31.4 Å². The van der Waals surface area contributed by atoms with E-state index in [2.05, 4.69) is 22.6 Å². The van der Waals surface area contributed by atoms with Crippen LogP contribution in [0.3, 0.4) is 0 Å². The van der Waals surface area contributed by atoms with Crippen LogP contribution in [0.25, 0.3) is 10.9 Å². The summed E-state index contributed by atoms with van der Waals surface area (Å²) in [4.78, 5) is 4.56. The molecule has 0 saturated carbocycles. The average Bonchev–Trinajstić information content (AvgIpc) is 2.47. The summed E-state index contributed by atoms with van der Waals surface area (Å²) in [6, 6.07) is 8.01. The number of nitrogens with two attached hydrogens (primary N) is 1. The third-order valence-electron chi connectivity index (χ3n) is 3.55. The van der Waals surface area contributed by atoms with Gasteiger partial charge in [0.1, 0.15) is 0 Å². The largest absolute Gasteiger partial charge is 0.399 e. The van der Waals surface area contributed by atoms with Gasteiger partial charge in [-0.15, -0.1) is 0 Å². The molecule has 2 aromatic rings. The van der Waals surface area contributed by atoms with Crippen molar-refractivity contribution in [1.29, 1.82) is 0 Å². The average molecular weight is 303 g/mol. The van der Waals surface area contributed by atoms with Gasteiger partial charge in [-0.3, -0.25) is 4.98 Å². The minimum atomic E-state index is 0.785. The highest BCUT2D eigenvalue weighted by atomic mass is 32.2. The Balaban J connectivity index is 1.93. The molecule has 0 aliphatic carbocycles. The summed E-state index contributed by atoms with van der Waals surface area (Å²) in [7, 11) is 0. The number of pyridine rings is 1. The van der Waals surface area contributed by atoms with E-state index in [4.69, 9.17) is 5.73 Å². The number of aromatic nitrogens is 1. The van der Waals surface area contributed by atoms with Gasteiger partial charge in [0.25, 0.3) is 0 Å². The van der Waals surface area contributed by atoms with E-state index >= 15 is 0 Å². The monoisotopic (exact) mass is 303 g/mol. The van der Waals surface area contributed by atoms with E-state index in [-0.39, 0.29) is 0 Å². The van der Waals surface area contributed by atoms with Crippen LogP contribution in [0, 0.1) is 6.92 Å². The molecule has 0 radical (unpaired) electrons. The highest BCUT2D eigenvalue weighted by Crippen LogP contribution is 2.25. The van der Waals surface area contributed by atoms with Gasteiger partial charge in [0.15, 0.2) is 0 Å². The molecule has 0 aliphatic rings. The number of hydrogen-bond acceptors (Lipinski definition) is 4. The van der Waals surface area contributed by atoms with Crippen molar-refractivity contribution < 1.29 is 0 Å². The molecule has 0 saturated heterocycles. The van der Waals surface area contributed by atoms with E-state index in [1.165, 1.54) is 31.4 Å². The number of rotatable bonds is 8. The van der Waals surface area contributed by atoms with Crippen molar-refractivity contribution in [2.45, 2.75) is 32.6 Å². The Morgan fingerprint density at radius 3 is 2.76 bits per heavy atom. The molecule has 3 nitrogen and oxygen atoms in total. The zero-order valence-electron chi connectivity index (χ0n) is 13.0. The molecule has 0 unspecified atom stereocenters. The first-order valence-corrected chi connectivity index (χ1v) is 9.00. The van der Waals surface area contributed by atoms with Crippen molar-refractivity contribution in [2.75, 3.05) is 29.6 Å². The molecule has 0 aliphatic heterocycles. The Bertz CT molecular complexity index is 584. The molecule has 1 heterocycles. The zero-order chi connectivity index (χ0) is 15.1. The molecular formula is C17H25N3S. The van der Waals surface area contributed by atoms with E-state index in [0.29, 0.717) is 0 Å². The first-order valence-electron chi connectivity index (χ1n) is 7.60. The highest BCUT2D eigenvalue weighted by molar-refractivity contribution is 7.98. The van der Waals surface area contributed by atoms with E-state index in [0.717, 1.165) is 34.5 Å².